The Morgan fingerprint density at radius 3 is 2.28 bits per heavy atom. The molecule has 4 N–H and O–H groups in total. The van der Waals surface area contributed by atoms with Crippen molar-refractivity contribution in [3.8, 4) is 5.75 Å². The number of nitrogens with one attached hydrogen (secondary N) is 1. The van der Waals surface area contributed by atoms with E-state index >= 15 is 0 Å². The number of phenols is 1. The molecule has 2 aromatic carbocycles. The van der Waals surface area contributed by atoms with Crippen LogP contribution in [0.4, 0.5) is 0 Å². The van der Waals surface area contributed by atoms with Crippen molar-refractivity contribution in [2.24, 2.45) is 0 Å². The maximum atomic E-state index is 10.3. The van der Waals surface area contributed by atoms with E-state index in [0.29, 0.717) is 54.1 Å². The van der Waals surface area contributed by atoms with E-state index in [1.54, 1.807) is 24.3 Å². The Hall–Kier alpha value is -1.38. The summed E-state index contributed by atoms with van der Waals surface area (Å²) in [6, 6.07) is 10.3. The summed E-state index contributed by atoms with van der Waals surface area (Å²) < 4.78 is 11.2. The number of hydrogen-bond donors (Lipinski definition) is 4. The van der Waals surface area contributed by atoms with Crippen molar-refractivity contribution in [3.63, 3.8) is 0 Å². The van der Waals surface area contributed by atoms with E-state index in [-0.39, 0.29) is 12.4 Å². The zero-order valence-corrected chi connectivity index (χ0v) is 19.7. The molecule has 8 heteroatoms. The lowest BCUT2D eigenvalue weighted by Gasteiger charge is -2.16. The summed E-state index contributed by atoms with van der Waals surface area (Å²) in [5.74, 6) is 0.00261. The molecule has 0 amide bonds. The van der Waals surface area contributed by atoms with Crippen molar-refractivity contribution in [2.45, 2.75) is 45.0 Å². The fourth-order valence-electron chi connectivity index (χ4n) is 3.30. The third-order valence-electron chi connectivity index (χ3n) is 5.11. The van der Waals surface area contributed by atoms with Gasteiger partial charge in [-0.1, -0.05) is 54.2 Å². The highest BCUT2D eigenvalue weighted by Crippen LogP contribution is 2.26. The summed E-state index contributed by atoms with van der Waals surface area (Å²) in [7, 11) is 0. The molecule has 0 saturated heterocycles. The summed E-state index contributed by atoms with van der Waals surface area (Å²) >= 11 is 12.2. The molecule has 32 heavy (non-hydrogen) atoms. The number of ether oxygens (including phenoxy) is 2. The number of rotatable bonds is 16. The van der Waals surface area contributed by atoms with Crippen LogP contribution >= 0.6 is 23.2 Å². The van der Waals surface area contributed by atoms with Crippen molar-refractivity contribution in [3.05, 3.63) is 63.1 Å². The van der Waals surface area contributed by atoms with E-state index in [2.05, 4.69) is 5.32 Å². The smallest absolute Gasteiger partial charge is 0.121 e. The average molecular weight is 486 g/mol. The van der Waals surface area contributed by atoms with Crippen LogP contribution in [0.2, 0.25) is 10.0 Å². The van der Waals surface area contributed by atoms with Gasteiger partial charge in [-0.2, -0.15) is 0 Å². The number of aliphatic hydroxyl groups is 2. The summed E-state index contributed by atoms with van der Waals surface area (Å²) in [4.78, 5) is 0. The van der Waals surface area contributed by atoms with Gasteiger partial charge in [-0.3, -0.25) is 0 Å². The minimum Gasteiger partial charge on any atom is -0.508 e. The first kappa shape index (κ1) is 26.9. The van der Waals surface area contributed by atoms with Gasteiger partial charge in [-0.15, -0.1) is 0 Å². The van der Waals surface area contributed by atoms with E-state index in [9.17, 15) is 15.3 Å². The van der Waals surface area contributed by atoms with Gasteiger partial charge in [-0.25, -0.2) is 0 Å². The molecule has 1 unspecified atom stereocenters. The predicted molar refractivity (Wildman–Crippen MR) is 127 cm³/mol. The summed E-state index contributed by atoms with van der Waals surface area (Å²) in [6.07, 6.45) is 3.36. The van der Waals surface area contributed by atoms with E-state index in [0.717, 1.165) is 37.8 Å². The van der Waals surface area contributed by atoms with Crippen LogP contribution < -0.4 is 5.32 Å². The second-order valence-corrected chi connectivity index (χ2v) is 8.32. The highest BCUT2D eigenvalue weighted by atomic mass is 35.5. The maximum absolute atomic E-state index is 10.3. The maximum Gasteiger partial charge on any atom is 0.121 e. The molecule has 1 atom stereocenters. The average Bonchev–Trinajstić information content (AvgIpc) is 2.78. The van der Waals surface area contributed by atoms with Gasteiger partial charge in [-0.05, 0) is 43.1 Å². The third-order valence-corrected chi connectivity index (χ3v) is 5.82. The highest BCUT2D eigenvalue weighted by molar-refractivity contribution is 6.35. The molecule has 0 heterocycles. The Kier molecular flexibility index (Phi) is 13.0. The van der Waals surface area contributed by atoms with Crippen molar-refractivity contribution in [1.82, 2.24) is 5.32 Å². The lowest BCUT2D eigenvalue weighted by molar-refractivity contribution is 0.0393. The Morgan fingerprint density at radius 1 is 0.844 bits per heavy atom. The molecule has 178 valence electrons. The first-order valence-corrected chi connectivity index (χ1v) is 11.7. The molecule has 0 saturated carbocycles. The fourth-order valence-corrected chi connectivity index (χ4v) is 3.80. The largest absolute Gasteiger partial charge is 0.508 e. The first-order chi connectivity index (χ1) is 15.5. The van der Waals surface area contributed by atoms with Crippen molar-refractivity contribution >= 4 is 23.2 Å². The van der Waals surface area contributed by atoms with Crippen LogP contribution in [0.1, 0.15) is 48.5 Å². The van der Waals surface area contributed by atoms with Crippen molar-refractivity contribution < 1.29 is 24.8 Å². The number of hydrogen-bond acceptors (Lipinski definition) is 6. The summed E-state index contributed by atoms with van der Waals surface area (Å²) in [5, 5.41) is 33.9. The Morgan fingerprint density at radius 2 is 1.53 bits per heavy atom. The van der Waals surface area contributed by atoms with Gasteiger partial charge in [0.25, 0.3) is 0 Å². The minimum atomic E-state index is -0.770. The topological polar surface area (TPSA) is 91.2 Å². The number of unbranched alkanes of at least 4 members (excludes halogenated alkanes) is 3. The molecule has 0 aliphatic carbocycles. The lowest BCUT2D eigenvalue weighted by atomic mass is 10.0. The molecule has 0 aliphatic heterocycles. The summed E-state index contributed by atoms with van der Waals surface area (Å²) in [5.41, 5.74) is 1.73. The van der Waals surface area contributed by atoms with Gasteiger partial charge in [0, 0.05) is 34.3 Å². The molecule has 0 aromatic heterocycles. The molecule has 6 nitrogen and oxygen atoms in total. The molecule has 0 radical (unpaired) electrons. The first-order valence-electron chi connectivity index (χ1n) is 10.9. The number of benzene rings is 2. The van der Waals surface area contributed by atoms with Gasteiger partial charge in [0.15, 0.2) is 0 Å². The standard InChI is InChI=1S/C24H33Cl2NO5/c25-21-8-6-9-22(26)20(21)17-32-14-13-31-12-4-2-1-3-11-27-15-24(30)18-7-5-10-23(29)19(18)16-28/h5-10,24,27-30H,1-4,11-17H2. The molecule has 0 aliphatic rings. The number of halogens is 2. The molecular weight excluding hydrogens is 453 g/mol. The van der Waals surface area contributed by atoms with Crippen LogP contribution in [0.5, 0.6) is 5.75 Å². The molecular formula is C24H33Cl2NO5. The normalized spacial score (nSPS) is 12.2. The zero-order valence-electron chi connectivity index (χ0n) is 18.2. The monoisotopic (exact) mass is 485 g/mol. The Bertz CT molecular complexity index is 786. The van der Waals surface area contributed by atoms with Gasteiger partial charge in [0.1, 0.15) is 5.75 Å². The third kappa shape index (κ3) is 9.24. The fraction of sp³-hybridized carbons (Fsp3) is 0.500. The van der Waals surface area contributed by atoms with E-state index in [1.165, 1.54) is 6.07 Å². The van der Waals surface area contributed by atoms with E-state index in [4.69, 9.17) is 32.7 Å². The number of aromatic hydroxyl groups is 1. The molecule has 0 spiro atoms. The number of aliphatic hydroxyl groups excluding tert-OH is 2. The molecule has 2 aromatic rings. The zero-order chi connectivity index (χ0) is 23.2. The van der Waals surface area contributed by atoms with Gasteiger partial charge >= 0.3 is 0 Å². The summed E-state index contributed by atoms with van der Waals surface area (Å²) in [6.45, 7) is 2.96. The van der Waals surface area contributed by atoms with Crippen LogP contribution in [0.25, 0.3) is 0 Å². The Labute approximate surface area is 200 Å². The van der Waals surface area contributed by atoms with Crippen molar-refractivity contribution in [1.29, 1.82) is 0 Å². The van der Waals surface area contributed by atoms with E-state index in [1.807, 2.05) is 6.07 Å². The van der Waals surface area contributed by atoms with Crippen LogP contribution in [0, 0.1) is 0 Å². The minimum absolute atomic E-state index is 0.00261. The van der Waals surface area contributed by atoms with Crippen LogP contribution in [-0.2, 0) is 22.7 Å². The molecule has 2 rings (SSSR count). The quantitative estimate of drug-likeness (QED) is 0.259. The van der Waals surface area contributed by atoms with Gasteiger partial charge < -0.3 is 30.1 Å². The van der Waals surface area contributed by atoms with E-state index < -0.39 is 6.10 Å². The van der Waals surface area contributed by atoms with Crippen molar-refractivity contribution in [2.75, 3.05) is 32.9 Å². The predicted octanol–water partition coefficient (Wildman–Crippen LogP) is 4.61. The SMILES string of the molecule is OCc1c(O)cccc1C(O)CNCCCCCCOCCOCc1c(Cl)cccc1Cl. The molecule has 0 fully saturated rings. The highest BCUT2D eigenvalue weighted by Gasteiger charge is 2.14. The second kappa shape index (κ2) is 15.5. The molecule has 0 bridgehead atoms. The van der Waals surface area contributed by atoms with Gasteiger partial charge in [0.2, 0.25) is 0 Å². The van der Waals surface area contributed by atoms with Crippen LogP contribution in [-0.4, -0.2) is 48.2 Å². The Balaban J connectivity index is 1.43. The van der Waals surface area contributed by atoms with Crippen LogP contribution in [0.15, 0.2) is 36.4 Å². The van der Waals surface area contributed by atoms with Crippen LogP contribution in [0.3, 0.4) is 0 Å². The lowest BCUT2D eigenvalue weighted by Crippen LogP contribution is -2.23. The van der Waals surface area contributed by atoms with Gasteiger partial charge in [0.05, 0.1) is 32.5 Å². The second-order valence-electron chi connectivity index (χ2n) is 7.50.